The van der Waals surface area contributed by atoms with Gasteiger partial charge in [-0.25, -0.2) is 0 Å². The Morgan fingerprint density at radius 1 is 0.214 bits per heavy atom. The maximum Gasteiger partial charge on any atom is 0.0628 e. The van der Waals surface area contributed by atoms with Crippen LogP contribution < -0.4 is 42.5 Å². The quantitative estimate of drug-likeness (QED) is 0.188. The third kappa shape index (κ3) is 5.43. The van der Waals surface area contributed by atoms with Crippen molar-refractivity contribution in [2.45, 2.75) is 152 Å². The second-order valence-electron chi connectivity index (χ2n) is 15.6. The maximum atomic E-state index is 4.26. The molecule has 9 rings (SSSR count). The van der Waals surface area contributed by atoms with Crippen molar-refractivity contribution in [1.82, 2.24) is 42.5 Å². The maximum absolute atomic E-state index is 4.26. The predicted octanol–water partition coefficient (Wildman–Crippen LogP) is 2.60. The standard InChI is InChI=1S/C32H56N8.2Mn/c1-2-10-18-17(9-1)25-33-26(18)38-28-21-13-5-6-14-22(21)30(35-28)40-32-24-16-8-7-15-23(24)31(36-32)39-29-20-12-4-3-11-19(20)27(34-29)37-25;;/h17-40H,1-16H2;;. The normalized spacial score (nSPS) is 54.9. The average molecular weight is 663 g/mol. The molecular formula is C32H56Mn2N8. The van der Waals surface area contributed by atoms with Crippen LogP contribution in [0.3, 0.4) is 0 Å². The van der Waals surface area contributed by atoms with Gasteiger partial charge in [-0.1, -0.05) is 51.4 Å². The molecule has 4 aliphatic carbocycles. The molecule has 8 atom stereocenters. The minimum atomic E-state index is 0. The molecule has 0 amide bonds. The summed E-state index contributed by atoms with van der Waals surface area (Å²) >= 11 is 0. The zero-order valence-corrected chi connectivity index (χ0v) is 27.7. The summed E-state index contributed by atoms with van der Waals surface area (Å²) < 4.78 is 0. The number of fused-ring (bicyclic) bond motifs is 20. The minimum absolute atomic E-state index is 0. The molecule has 9 fully saturated rings. The van der Waals surface area contributed by atoms with Gasteiger partial charge in [-0.05, 0) is 98.7 Å². The van der Waals surface area contributed by atoms with Gasteiger partial charge in [0.25, 0.3) is 0 Å². The van der Waals surface area contributed by atoms with Gasteiger partial charge < -0.3 is 0 Å². The van der Waals surface area contributed by atoms with Gasteiger partial charge in [-0.3, -0.25) is 42.5 Å². The summed E-state index contributed by atoms with van der Waals surface area (Å²) in [4.78, 5) is 0. The second-order valence-corrected chi connectivity index (χ2v) is 15.6. The van der Waals surface area contributed by atoms with Crippen molar-refractivity contribution in [3.63, 3.8) is 0 Å². The third-order valence-electron chi connectivity index (χ3n) is 13.8. The molecule has 5 saturated heterocycles. The zero-order chi connectivity index (χ0) is 26.2. The number of hydrogen-bond acceptors (Lipinski definition) is 8. The number of rotatable bonds is 0. The first-order chi connectivity index (χ1) is 19.8. The molecule has 0 aromatic carbocycles. The molecule has 5 aliphatic heterocycles. The van der Waals surface area contributed by atoms with E-state index in [1.54, 1.807) is 0 Å². The first-order valence-corrected chi connectivity index (χ1v) is 17.9. The van der Waals surface area contributed by atoms with Gasteiger partial charge in [-0.2, -0.15) is 0 Å². The SMILES string of the molecule is C1CCC2C3NC(NC4NC(NC5NC(NC6NC(N3)C3CCCCC63)C3CCCCC53)C3CCCCC43)C2C1.[Mn].[Mn]. The van der Waals surface area contributed by atoms with Crippen molar-refractivity contribution in [2.24, 2.45) is 47.3 Å². The number of nitrogens with one attached hydrogen (secondary N) is 8. The van der Waals surface area contributed by atoms with Gasteiger partial charge in [0.2, 0.25) is 0 Å². The van der Waals surface area contributed by atoms with Crippen LogP contribution in [0, 0.1) is 47.3 Å². The van der Waals surface area contributed by atoms with E-state index in [2.05, 4.69) is 42.5 Å². The molecule has 238 valence electrons. The molecule has 8 N–H and O–H groups in total. The van der Waals surface area contributed by atoms with E-state index >= 15 is 0 Å². The van der Waals surface area contributed by atoms with Gasteiger partial charge in [0, 0.05) is 34.1 Å². The minimum Gasteiger partial charge on any atom is -0.286 e. The van der Waals surface area contributed by atoms with Crippen molar-refractivity contribution in [3.8, 4) is 0 Å². The summed E-state index contributed by atoms with van der Waals surface area (Å²) in [7, 11) is 0. The average Bonchev–Trinajstić information content (AvgIpc) is 3.73. The summed E-state index contributed by atoms with van der Waals surface area (Å²) in [6.07, 6.45) is 25.6. The van der Waals surface area contributed by atoms with Crippen molar-refractivity contribution in [2.75, 3.05) is 0 Å². The summed E-state index contributed by atoms with van der Waals surface area (Å²) in [6, 6.07) is 0. The molecule has 0 aromatic rings. The Hall–Kier alpha value is 0.719. The third-order valence-corrected chi connectivity index (χ3v) is 13.8. The molecule has 8 nitrogen and oxygen atoms in total. The van der Waals surface area contributed by atoms with Gasteiger partial charge >= 0.3 is 0 Å². The van der Waals surface area contributed by atoms with Crippen LogP contribution in [0.15, 0.2) is 0 Å². The van der Waals surface area contributed by atoms with Gasteiger partial charge in [0.15, 0.2) is 0 Å². The Kier molecular flexibility index (Phi) is 9.76. The summed E-state index contributed by atoms with van der Waals surface area (Å²) in [6.45, 7) is 0. The molecule has 8 unspecified atom stereocenters. The Labute approximate surface area is 275 Å². The second kappa shape index (κ2) is 13.1. The van der Waals surface area contributed by atoms with Crippen molar-refractivity contribution in [3.05, 3.63) is 0 Å². The topological polar surface area (TPSA) is 96.2 Å². The fourth-order valence-electron chi connectivity index (χ4n) is 12.0. The molecule has 2 radical (unpaired) electrons. The van der Waals surface area contributed by atoms with Crippen LogP contribution in [0.4, 0.5) is 0 Å². The van der Waals surface area contributed by atoms with Crippen molar-refractivity contribution in [1.29, 1.82) is 0 Å². The first-order valence-electron chi connectivity index (χ1n) is 17.9. The van der Waals surface area contributed by atoms with Crippen LogP contribution in [-0.2, 0) is 34.1 Å². The summed E-state index contributed by atoms with van der Waals surface area (Å²) in [5.74, 6) is 5.97. The van der Waals surface area contributed by atoms with Crippen LogP contribution in [0.1, 0.15) is 103 Å². The van der Waals surface area contributed by atoms with E-state index < -0.39 is 0 Å². The van der Waals surface area contributed by atoms with E-state index in [1.165, 1.54) is 103 Å². The van der Waals surface area contributed by atoms with Crippen LogP contribution >= 0.6 is 0 Å². The molecule has 8 bridgehead atoms. The molecule has 5 heterocycles. The molecule has 9 aliphatic rings. The predicted molar refractivity (Wildman–Crippen MR) is 157 cm³/mol. The van der Waals surface area contributed by atoms with E-state index in [0.29, 0.717) is 49.3 Å². The monoisotopic (exact) mass is 662 g/mol. The Balaban J connectivity index is 0.00000144. The van der Waals surface area contributed by atoms with Crippen LogP contribution in [0.5, 0.6) is 0 Å². The summed E-state index contributed by atoms with van der Waals surface area (Å²) in [5.41, 5.74) is 0. The Morgan fingerprint density at radius 3 is 0.452 bits per heavy atom. The smallest absolute Gasteiger partial charge is 0.0628 e. The molecule has 10 heteroatoms. The molecule has 0 spiro atoms. The van der Waals surface area contributed by atoms with Crippen LogP contribution in [0.25, 0.3) is 0 Å². The fraction of sp³-hybridized carbons (Fsp3) is 1.00. The Morgan fingerprint density at radius 2 is 0.333 bits per heavy atom. The fourth-order valence-corrected chi connectivity index (χ4v) is 12.0. The van der Waals surface area contributed by atoms with Gasteiger partial charge in [-0.15, -0.1) is 0 Å². The van der Waals surface area contributed by atoms with E-state index in [-0.39, 0.29) is 34.1 Å². The van der Waals surface area contributed by atoms with Crippen molar-refractivity contribution < 1.29 is 34.1 Å². The molecular weight excluding hydrogens is 606 g/mol. The summed E-state index contributed by atoms with van der Waals surface area (Å²) in [5, 5.41) is 33.8. The van der Waals surface area contributed by atoms with E-state index in [4.69, 9.17) is 0 Å². The van der Waals surface area contributed by atoms with Crippen molar-refractivity contribution >= 4 is 0 Å². The molecule has 0 aromatic heterocycles. The van der Waals surface area contributed by atoms with Gasteiger partial charge in [0.05, 0.1) is 49.3 Å². The Bertz CT molecular complexity index is 721. The zero-order valence-electron chi connectivity index (χ0n) is 25.3. The van der Waals surface area contributed by atoms with Gasteiger partial charge in [0.1, 0.15) is 0 Å². The van der Waals surface area contributed by atoms with E-state index in [1.807, 2.05) is 0 Å². The van der Waals surface area contributed by atoms with Crippen LogP contribution in [0.2, 0.25) is 0 Å². The van der Waals surface area contributed by atoms with Crippen LogP contribution in [-0.4, -0.2) is 49.3 Å². The largest absolute Gasteiger partial charge is 0.286 e. The van der Waals surface area contributed by atoms with E-state index in [9.17, 15) is 0 Å². The molecule has 42 heavy (non-hydrogen) atoms. The molecule has 4 saturated carbocycles. The first kappa shape index (κ1) is 31.3. The van der Waals surface area contributed by atoms with E-state index in [0.717, 1.165) is 47.3 Å². The number of hydrogen-bond donors (Lipinski definition) is 8.